The quantitative estimate of drug-likeness (QED) is 0.865. The predicted octanol–water partition coefficient (Wildman–Crippen LogP) is 1.93. The Morgan fingerprint density at radius 1 is 1.53 bits per heavy atom. The highest BCUT2D eigenvalue weighted by Crippen LogP contribution is 2.24. The molecule has 17 heavy (non-hydrogen) atoms. The zero-order chi connectivity index (χ0) is 12.1. The van der Waals surface area contributed by atoms with Gasteiger partial charge in [0.25, 0.3) is 0 Å². The lowest BCUT2D eigenvalue weighted by Gasteiger charge is -2.19. The van der Waals surface area contributed by atoms with Crippen molar-refractivity contribution in [1.82, 2.24) is 9.78 Å². The minimum atomic E-state index is 0.0620. The molecule has 0 atom stereocenters. The molecule has 1 aliphatic carbocycles. The molecule has 90 valence electrons. The number of nitrogens with one attached hydrogen (secondary N) is 1. The van der Waals surface area contributed by atoms with Crippen LogP contribution in [0.25, 0.3) is 0 Å². The van der Waals surface area contributed by atoms with Gasteiger partial charge < -0.3 is 5.32 Å². The van der Waals surface area contributed by atoms with E-state index in [1.807, 2.05) is 6.07 Å². The summed E-state index contributed by atoms with van der Waals surface area (Å²) >= 11 is 0. The average Bonchev–Trinajstić information content (AvgIpc) is 2.78. The van der Waals surface area contributed by atoms with E-state index in [1.54, 1.807) is 12.3 Å². The number of nitrogens with zero attached hydrogens (tertiary/aromatic N) is 3. The Balaban J connectivity index is 1.90. The maximum Gasteiger partial charge on any atom is 0.228 e. The molecule has 0 bridgehead atoms. The Morgan fingerprint density at radius 2 is 2.29 bits per heavy atom. The Labute approximate surface area is 100 Å². The van der Waals surface area contributed by atoms with E-state index in [2.05, 4.69) is 10.4 Å². The van der Waals surface area contributed by atoms with Crippen LogP contribution in [-0.4, -0.2) is 15.7 Å². The van der Waals surface area contributed by atoms with Crippen LogP contribution < -0.4 is 5.32 Å². The molecule has 1 fully saturated rings. The summed E-state index contributed by atoms with van der Waals surface area (Å²) in [6.45, 7) is 0.208. The molecule has 0 aromatic carbocycles. The van der Waals surface area contributed by atoms with Crippen LogP contribution >= 0.6 is 0 Å². The SMILES string of the molecule is N#CCn1ccc(NC(=O)C2CCCCC2)n1. The molecule has 0 aliphatic heterocycles. The number of nitriles is 1. The fourth-order valence-electron chi connectivity index (χ4n) is 2.18. The highest BCUT2D eigenvalue weighted by Gasteiger charge is 2.21. The van der Waals surface area contributed by atoms with Crippen LogP contribution in [0, 0.1) is 17.2 Å². The summed E-state index contributed by atoms with van der Waals surface area (Å²) in [6, 6.07) is 3.72. The number of hydrogen-bond acceptors (Lipinski definition) is 3. The number of amides is 1. The van der Waals surface area contributed by atoms with Gasteiger partial charge in [-0.2, -0.15) is 10.4 Å². The largest absolute Gasteiger partial charge is 0.309 e. The van der Waals surface area contributed by atoms with Crippen molar-refractivity contribution in [3.8, 4) is 6.07 Å². The average molecular weight is 232 g/mol. The smallest absolute Gasteiger partial charge is 0.228 e. The highest BCUT2D eigenvalue weighted by molar-refractivity contribution is 5.91. The summed E-state index contributed by atoms with van der Waals surface area (Å²) < 4.78 is 1.51. The van der Waals surface area contributed by atoms with Gasteiger partial charge >= 0.3 is 0 Å². The van der Waals surface area contributed by atoms with Gasteiger partial charge in [-0.15, -0.1) is 0 Å². The van der Waals surface area contributed by atoms with Crippen LogP contribution in [-0.2, 0) is 11.3 Å². The molecule has 5 nitrogen and oxygen atoms in total. The summed E-state index contributed by atoms with van der Waals surface area (Å²) in [6.07, 6.45) is 7.16. The van der Waals surface area contributed by atoms with Gasteiger partial charge in [0.2, 0.25) is 5.91 Å². The number of aromatic nitrogens is 2. The first-order valence-electron chi connectivity index (χ1n) is 6.01. The van der Waals surface area contributed by atoms with Crippen LogP contribution in [0.3, 0.4) is 0 Å². The second-order valence-electron chi connectivity index (χ2n) is 4.38. The molecule has 1 heterocycles. The van der Waals surface area contributed by atoms with Gasteiger partial charge in [-0.25, -0.2) is 0 Å². The van der Waals surface area contributed by atoms with Crippen molar-refractivity contribution in [3.63, 3.8) is 0 Å². The molecule has 2 rings (SSSR count). The third-order valence-corrected chi connectivity index (χ3v) is 3.10. The zero-order valence-corrected chi connectivity index (χ0v) is 9.72. The Kier molecular flexibility index (Phi) is 3.76. The Morgan fingerprint density at radius 3 is 3.00 bits per heavy atom. The molecule has 0 saturated heterocycles. The second kappa shape index (κ2) is 5.48. The van der Waals surface area contributed by atoms with E-state index >= 15 is 0 Å². The summed E-state index contributed by atoms with van der Waals surface area (Å²) in [7, 11) is 0. The first-order valence-corrected chi connectivity index (χ1v) is 6.01. The van der Waals surface area contributed by atoms with Crippen LogP contribution in [0.5, 0.6) is 0 Å². The minimum Gasteiger partial charge on any atom is -0.309 e. The zero-order valence-electron chi connectivity index (χ0n) is 9.72. The molecule has 1 aromatic rings. The standard InChI is InChI=1S/C12H16N4O/c13-7-9-16-8-6-11(15-16)14-12(17)10-4-2-1-3-5-10/h6,8,10H,1-5,9H2,(H,14,15,17). The Hall–Kier alpha value is -1.83. The molecule has 1 aliphatic rings. The molecule has 0 radical (unpaired) electrons. The van der Waals surface area contributed by atoms with Crippen molar-refractivity contribution >= 4 is 11.7 Å². The van der Waals surface area contributed by atoms with Crippen molar-refractivity contribution in [2.45, 2.75) is 38.6 Å². The molecule has 0 unspecified atom stereocenters. The number of anilines is 1. The summed E-state index contributed by atoms with van der Waals surface area (Å²) in [5.74, 6) is 0.729. The fraction of sp³-hybridized carbons (Fsp3) is 0.583. The van der Waals surface area contributed by atoms with E-state index < -0.39 is 0 Å². The van der Waals surface area contributed by atoms with Crippen molar-refractivity contribution in [2.24, 2.45) is 5.92 Å². The van der Waals surface area contributed by atoms with Crippen LogP contribution in [0.2, 0.25) is 0 Å². The molecule has 1 N–H and O–H groups in total. The minimum absolute atomic E-state index is 0.0620. The van der Waals surface area contributed by atoms with E-state index in [-0.39, 0.29) is 18.4 Å². The number of hydrogen-bond donors (Lipinski definition) is 1. The van der Waals surface area contributed by atoms with E-state index in [0.29, 0.717) is 5.82 Å². The Bertz CT molecular complexity index is 426. The lowest BCUT2D eigenvalue weighted by atomic mass is 9.89. The normalized spacial score (nSPS) is 16.4. The third kappa shape index (κ3) is 3.06. The molecule has 1 aromatic heterocycles. The van der Waals surface area contributed by atoms with Gasteiger partial charge in [-0.3, -0.25) is 9.48 Å². The molecule has 1 saturated carbocycles. The summed E-state index contributed by atoms with van der Waals surface area (Å²) in [4.78, 5) is 11.9. The van der Waals surface area contributed by atoms with Crippen LogP contribution in [0.15, 0.2) is 12.3 Å². The van der Waals surface area contributed by atoms with Crippen LogP contribution in [0.1, 0.15) is 32.1 Å². The van der Waals surface area contributed by atoms with E-state index in [9.17, 15) is 4.79 Å². The molecule has 5 heteroatoms. The van der Waals surface area contributed by atoms with Gasteiger partial charge in [0.05, 0.1) is 6.07 Å². The maximum absolute atomic E-state index is 11.9. The molecular formula is C12H16N4O. The topological polar surface area (TPSA) is 70.7 Å². The van der Waals surface area contributed by atoms with Crippen LogP contribution in [0.4, 0.5) is 5.82 Å². The van der Waals surface area contributed by atoms with Crippen molar-refractivity contribution < 1.29 is 4.79 Å². The number of carbonyl (C=O) groups is 1. The lowest BCUT2D eigenvalue weighted by molar-refractivity contribution is -0.120. The van der Waals surface area contributed by atoms with E-state index in [4.69, 9.17) is 5.26 Å². The van der Waals surface area contributed by atoms with Crippen molar-refractivity contribution in [3.05, 3.63) is 12.3 Å². The van der Waals surface area contributed by atoms with Gasteiger partial charge in [0.1, 0.15) is 6.54 Å². The van der Waals surface area contributed by atoms with Gasteiger partial charge in [-0.1, -0.05) is 19.3 Å². The van der Waals surface area contributed by atoms with Crippen molar-refractivity contribution in [1.29, 1.82) is 5.26 Å². The maximum atomic E-state index is 11.9. The lowest BCUT2D eigenvalue weighted by Crippen LogP contribution is -2.25. The second-order valence-corrected chi connectivity index (χ2v) is 4.38. The highest BCUT2D eigenvalue weighted by atomic mass is 16.1. The molecule has 1 amide bonds. The number of carbonyl (C=O) groups excluding carboxylic acids is 1. The third-order valence-electron chi connectivity index (χ3n) is 3.10. The monoisotopic (exact) mass is 232 g/mol. The first kappa shape index (κ1) is 11.6. The molecule has 0 spiro atoms. The predicted molar refractivity (Wildman–Crippen MR) is 63.0 cm³/mol. The van der Waals surface area contributed by atoms with Gasteiger partial charge in [-0.05, 0) is 12.8 Å². The molecular weight excluding hydrogens is 216 g/mol. The van der Waals surface area contributed by atoms with Crippen molar-refractivity contribution in [2.75, 3.05) is 5.32 Å². The van der Waals surface area contributed by atoms with E-state index in [0.717, 1.165) is 25.7 Å². The summed E-state index contributed by atoms with van der Waals surface area (Å²) in [5.41, 5.74) is 0. The van der Waals surface area contributed by atoms with E-state index in [1.165, 1.54) is 11.1 Å². The summed E-state index contributed by atoms with van der Waals surface area (Å²) in [5, 5.41) is 15.4. The number of rotatable bonds is 3. The van der Waals surface area contributed by atoms with Gasteiger partial charge in [0.15, 0.2) is 5.82 Å². The fourth-order valence-corrected chi connectivity index (χ4v) is 2.18. The van der Waals surface area contributed by atoms with Gasteiger partial charge in [0, 0.05) is 18.2 Å². The first-order chi connectivity index (χ1) is 8.29.